The van der Waals surface area contributed by atoms with Gasteiger partial charge in [-0.15, -0.1) is 0 Å². The number of anilines is 2. The van der Waals surface area contributed by atoms with E-state index in [1.807, 2.05) is 35.0 Å². The van der Waals surface area contributed by atoms with Crippen LogP contribution in [-0.2, 0) is 14.3 Å². The van der Waals surface area contributed by atoms with Gasteiger partial charge in [-0.3, -0.25) is 9.59 Å². The molecule has 0 aliphatic carbocycles. The number of esters is 1. The molecule has 2 N–H and O–H groups in total. The highest BCUT2D eigenvalue weighted by Crippen LogP contribution is 2.22. The molecule has 0 aromatic heterocycles. The van der Waals surface area contributed by atoms with Crippen LogP contribution < -0.4 is 8.85 Å². The van der Waals surface area contributed by atoms with Crippen LogP contribution in [-0.4, -0.2) is 18.5 Å². The van der Waals surface area contributed by atoms with E-state index in [1.165, 1.54) is 0 Å². The lowest BCUT2D eigenvalue weighted by Crippen LogP contribution is -2.18. The molecule has 0 fully saturated rings. The minimum absolute atomic E-state index is 0.274. The van der Waals surface area contributed by atoms with Gasteiger partial charge in [-0.1, -0.05) is 12.1 Å². The molecule has 17 heavy (non-hydrogen) atoms. The summed E-state index contributed by atoms with van der Waals surface area (Å²) in [5.74, 6) is -0.910. The molecule has 0 saturated carbocycles. The minimum Gasteiger partial charge on any atom is -0.466 e. The topological polar surface area (TPSA) is 67.4 Å². The van der Waals surface area contributed by atoms with Crippen molar-refractivity contribution in [1.82, 2.24) is 0 Å². The van der Waals surface area contributed by atoms with Crippen molar-refractivity contribution in [2.75, 3.05) is 15.5 Å². The van der Waals surface area contributed by atoms with E-state index in [0.717, 1.165) is 5.69 Å². The lowest BCUT2D eigenvalue weighted by Gasteiger charge is -2.09. The first-order valence-electron chi connectivity index (χ1n) is 5.08. The predicted octanol–water partition coefficient (Wildman–Crippen LogP) is 2.34. The third kappa shape index (κ3) is 4.59. The maximum absolute atomic E-state index is 11.5. The highest BCUT2D eigenvalue weighted by Gasteiger charge is 2.11. The fourth-order valence-electron chi connectivity index (χ4n) is 1.21. The van der Waals surface area contributed by atoms with Crippen molar-refractivity contribution >= 4 is 46.1 Å². The molecule has 1 aromatic rings. The number of benzene rings is 1. The number of ether oxygens (including phenoxy) is 1. The van der Waals surface area contributed by atoms with Crippen molar-refractivity contribution < 1.29 is 14.3 Å². The second kappa shape index (κ2) is 7.10. The highest BCUT2D eigenvalue weighted by molar-refractivity contribution is 14.1. The van der Waals surface area contributed by atoms with Gasteiger partial charge >= 0.3 is 5.97 Å². The Labute approximate surface area is 113 Å². The monoisotopic (exact) mass is 348 g/mol. The van der Waals surface area contributed by atoms with E-state index in [4.69, 9.17) is 0 Å². The molecule has 0 radical (unpaired) electrons. The van der Waals surface area contributed by atoms with E-state index >= 15 is 0 Å². The van der Waals surface area contributed by atoms with E-state index in [2.05, 4.69) is 13.6 Å². The summed E-state index contributed by atoms with van der Waals surface area (Å²) in [5, 5.41) is 2.64. The normalized spacial score (nSPS) is 9.53. The standard InChI is InChI=1S/C11H13IN2O3/c1-2-17-11(16)7-10(15)13-8-5-3-4-6-9(8)14-12/h3-6,14H,2,7H2,1H3,(H,13,15). The number of hydrogen-bond acceptors (Lipinski definition) is 4. The van der Waals surface area contributed by atoms with Gasteiger partial charge in [-0.05, 0) is 19.1 Å². The fraction of sp³-hybridized carbons (Fsp3) is 0.273. The van der Waals surface area contributed by atoms with Gasteiger partial charge in [0.1, 0.15) is 6.42 Å². The molecular weight excluding hydrogens is 335 g/mol. The van der Waals surface area contributed by atoms with Crippen molar-refractivity contribution in [3.63, 3.8) is 0 Å². The van der Waals surface area contributed by atoms with Crippen molar-refractivity contribution in [1.29, 1.82) is 0 Å². The number of para-hydroxylation sites is 2. The van der Waals surface area contributed by atoms with Crippen molar-refractivity contribution in [2.45, 2.75) is 13.3 Å². The van der Waals surface area contributed by atoms with E-state index in [1.54, 1.807) is 19.1 Å². The molecule has 0 heterocycles. The summed E-state index contributed by atoms with van der Waals surface area (Å²) in [4.78, 5) is 22.6. The molecular formula is C11H13IN2O3. The average molecular weight is 348 g/mol. The second-order valence-electron chi connectivity index (χ2n) is 3.17. The summed E-state index contributed by atoms with van der Waals surface area (Å²) in [6.45, 7) is 1.98. The van der Waals surface area contributed by atoms with Gasteiger partial charge in [0.2, 0.25) is 5.91 Å². The highest BCUT2D eigenvalue weighted by atomic mass is 127. The molecule has 6 heteroatoms. The minimum atomic E-state index is -0.523. The van der Waals surface area contributed by atoms with Crippen LogP contribution in [0.3, 0.4) is 0 Å². The summed E-state index contributed by atoms with van der Waals surface area (Å²) in [6, 6.07) is 7.23. The Kier molecular flexibility index (Phi) is 5.75. The first-order valence-corrected chi connectivity index (χ1v) is 6.16. The number of amides is 1. The fourth-order valence-corrected chi connectivity index (χ4v) is 1.68. The quantitative estimate of drug-likeness (QED) is 0.371. The lowest BCUT2D eigenvalue weighted by molar-refractivity contribution is -0.145. The SMILES string of the molecule is CCOC(=O)CC(=O)Nc1ccccc1NI. The number of carbonyl (C=O) groups is 2. The molecule has 0 atom stereocenters. The molecule has 0 bridgehead atoms. The van der Waals surface area contributed by atoms with Crippen LogP contribution in [0.15, 0.2) is 24.3 Å². The Morgan fingerprint density at radius 3 is 2.53 bits per heavy atom. The van der Waals surface area contributed by atoms with Gasteiger partial charge < -0.3 is 13.6 Å². The van der Waals surface area contributed by atoms with E-state index in [-0.39, 0.29) is 18.9 Å². The largest absolute Gasteiger partial charge is 0.466 e. The van der Waals surface area contributed by atoms with Crippen LogP contribution in [0, 0.1) is 0 Å². The first-order chi connectivity index (χ1) is 8.17. The van der Waals surface area contributed by atoms with Crippen LogP contribution in [0.2, 0.25) is 0 Å². The van der Waals surface area contributed by atoms with Gasteiger partial charge in [-0.2, -0.15) is 0 Å². The van der Waals surface area contributed by atoms with Crippen LogP contribution >= 0.6 is 22.9 Å². The van der Waals surface area contributed by atoms with Gasteiger partial charge in [0.25, 0.3) is 0 Å². The zero-order chi connectivity index (χ0) is 12.7. The summed E-state index contributed by atoms with van der Waals surface area (Å²) in [7, 11) is 0. The van der Waals surface area contributed by atoms with E-state index < -0.39 is 5.97 Å². The summed E-state index contributed by atoms with van der Waals surface area (Å²) >= 11 is 1.97. The van der Waals surface area contributed by atoms with Crippen LogP contribution in [0.25, 0.3) is 0 Å². The van der Waals surface area contributed by atoms with Crippen LogP contribution in [0.1, 0.15) is 13.3 Å². The lowest BCUT2D eigenvalue weighted by atomic mass is 10.2. The molecule has 0 aliphatic rings. The number of nitrogens with one attached hydrogen (secondary N) is 2. The van der Waals surface area contributed by atoms with E-state index in [0.29, 0.717) is 5.69 Å². The van der Waals surface area contributed by atoms with Gasteiger partial charge in [0, 0.05) is 0 Å². The predicted molar refractivity (Wildman–Crippen MR) is 74.0 cm³/mol. The molecule has 0 aliphatic heterocycles. The Bertz CT molecular complexity index is 409. The molecule has 92 valence electrons. The number of halogens is 1. The van der Waals surface area contributed by atoms with Crippen molar-refractivity contribution in [3.8, 4) is 0 Å². The average Bonchev–Trinajstić information content (AvgIpc) is 2.29. The van der Waals surface area contributed by atoms with Crippen molar-refractivity contribution in [3.05, 3.63) is 24.3 Å². The Hall–Kier alpha value is -1.31. The maximum atomic E-state index is 11.5. The third-order valence-electron chi connectivity index (χ3n) is 1.91. The molecule has 1 amide bonds. The molecule has 1 aromatic carbocycles. The zero-order valence-electron chi connectivity index (χ0n) is 9.33. The molecule has 5 nitrogen and oxygen atoms in total. The Morgan fingerprint density at radius 2 is 1.94 bits per heavy atom. The molecule has 1 rings (SSSR count). The van der Waals surface area contributed by atoms with E-state index in [9.17, 15) is 9.59 Å². The van der Waals surface area contributed by atoms with Crippen LogP contribution in [0.4, 0.5) is 11.4 Å². The smallest absolute Gasteiger partial charge is 0.315 e. The Balaban J connectivity index is 2.59. The van der Waals surface area contributed by atoms with Crippen molar-refractivity contribution in [2.24, 2.45) is 0 Å². The summed E-state index contributed by atoms with van der Waals surface area (Å²) in [5.41, 5.74) is 1.42. The number of carbonyl (C=O) groups excluding carboxylic acids is 2. The van der Waals surface area contributed by atoms with Gasteiger partial charge in [0.05, 0.1) is 40.8 Å². The zero-order valence-corrected chi connectivity index (χ0v) is 11.5. The maximum Gasteiger partial charge on any atom is 0.315 e. The molecule has 0 spiro atoms. The number of hydrogen-bond donors (Lipinski definition) is 2. The third-order valence-corrected chi connectivity index (χ3v) is 2.49. The summed E-state index contributed by atoms with van der Waals surface area (Å²) in [6.07, 6.45) is -0.274. The molecule has 0 saturated heterocycles. The second-order valence-corrected chi connectivity index (χ2v) is 3.71. The summed E-state index contributed by atoms with van der Waals surface area (Å²) < 4.78 is 7.61. The Morgan fingerprint density at radius 1 is 1.29 bits per heavy atom. The first kappa shape index (κ1) is 13.8. The number of rotatable bonds is 5. The van der Waals surface area contributed by atoms with Gasteiger partial charge in [0.15, 0.2) is 0 Å². The van der Waals surface area contributed by atoms with Crippen LogP contribution in [0.5, 0.6) is 0 Å². The van der Waals surface area contributed by atoms with Gasteiger partial charge in [-0.25, -0.2) is 0 Å². The molecule has 0 unspecified atom stereocenters.